The van der Waals surface area contributed by atoms with Gasteiger partial charge < -0.3 is 20.5 Å². The molecule has 0 aliphatic carbocycles. The van der Waals surface area contributed by atoms with Gasteiger partial charge in [-0.3, -0.25) is 9.59 Å². The Hall–Kier alpha value is -2.86. The number of nitrogens with one attached hydrogen (secondary N) is 1. The predicted octanol–water partition coefficient (Wildman–Crippen LogP) is 2.06. The number of hydrogen-bond donors (Lipinski definition) is 2. The molecule has 2 amide bonds. The highest BCUT2D eigenvalue weighted by Gasteiger charge is 2.15. The van der Waals surface area contributed by atoms with Crippen LogP contribution in [0.1, 0.15) is 20.7 Å². The molecule has 2 aromatic carbocycles. The second kappa shape index (κ2) is 7.95. The quantitative estimate of drug-likeness (QED) is 0.765. The van der Waals surface area contributed by atoms with E-state index in [9.17, 15) is 9.59 Å². The van der Waals surface area contributed by atoms with Crippen LogP contribution >= 0.6 is 0 Å². The summed E-state index contributed by atoms with van der Waals surface area (Å²) in [6.07, 6.45) is 0. The zero-order valence-electron chi connectivity index (χ0n) is 12.7. The Balaban J connectivity index is 2.20. The lowest BCUT2D eigenvalue weighted by Crippen LogP contribution is -2.19. The maximum absolute atomic E-state index is 12.5. The molecule has 6 nitrogen and oxygen atoms in total. The van der Waals surface area contributed by atoms with Crippen LogP contribution in [0.15, 0.2) is 48.5 Å². The predicted molar refractivity (Wildman–Crippen MR) is 86.7 cm³/mol. The molecule has 0 unspecified atom stereocenters. The van der Waals surface area contributed by atoms with Crippen molar-refractivity contribution in [1.29, 1.82) is 0 Å². The largest absolute Gasteiger partial charge is 0.490 e. The van der Waals surface area contributed by atoms with Gasteiger partial charge in [0.05, 0.1) is 23.4 Å². The Bertz CT molecular complexity index is 700. The van der Waals surface area contributed by atoms with Crippen LogP contribution in [0.5, 0.6) is 5.75 Å². The SMILES string of the molecule is COCCOc1ccccc1C(=O)Nc1ccccc1C(N)=O. The highest BCUT2D eigenvalue weighted by atomic mass is 16.5. The molecule has 0 aromatic heterocycles. The van der Waals surface area contributed by atoms with Gasteiger partial charge in [-0.15, -0.1) is 0 Å². The minimum atomic E-state index is -0.606. The fourth-order valence-corrected chi connectivity index (χ4v) is 2.01. The number of methoxy groups -OCH3 is 1. The number of nitrogens with two attached hydrogens (primary N) is 1. The number of anilines is 1. The molecule has 23 heavy (non-hydrogen) atoms. The molecule has 0 saturated heterocycles. The molecule has 0 spiro atoms. The molecule has 0 aliphatic heterocycles. The van der Waals surface area contributed by atoms with E-state index in [0.29, 0.717) is 30.2 Å². The Morgan fingerprint density at radius 1 is 1.00 bits per heavy atom. The molecule has 0 aliphatic rings. The van der Waals surface area contributed by atoms with Crippen molar-refractivity contribution in [3.05, 3.63) is 59.7 Å². The number of carbonyl (C=O) groups is 2. The van der Waals surface area contributed by atoms with Crippen LogP contribution in [0.25, 0.3) is 0 Å². The van der Waals surface area contributed by atoms with Crippen molar-refractivity contribution in [2.45, 2.75) is 0 Å². The minimum Gasteiger partial charge on any atom is -0.490 e. The van der Waals surface area contributed by atoms with E-state index in [-0.39, 0.29) is 11.5 Å². The van der Waals surface area contributed by atoms with Gasteiger partial charge in [0.1, 0.15) is 12.4 Å². The molecule has 0 radical (unpaired) electrons. The smallest absolute Gasteiger partial charge is 0.259 e. The number of hydrogen-bond acceptors (Lipinski definition) is 4. The zero-order chi connectivity index (χ0) is 16.7. The van der Waals surface area contributed by atoms with Crippen LogP contribution in [0.4, 0.5) is 5.69 Å². The van der Waals surface area contributed by atoms with E-state index in [1.807, 2.05) is 0 Å². The number of para-hydroxylation sites is 2. The second-order valence-corrected chi connectivity index (χ2v) is 4.70. The molecule has 2 rings (SSSR count). The first-order valence-corrected chi connectivity index (χ1v) is 7.04. The van der Waals surface area contributed by atoms with Gasteiger partial charge >= 0.3 is 0 Å². The van der Waals surface area contributed by atoms with Crippen molar-refractivity contribution in [1.82, 2.24) is 0 Å². The van der Waals surface area contributed by atoms with Crippen LogP contribution in [-0.2, 0) is 4.74 Å². The van der Waals surface area contributed by atoms with Crippen LogP contribution in [0.3, 0.4) is 0 Å². The summed E-state index contributed by atoms with van der Waals surface area (Å²) in [6, 6.07) is 13.4. The number of ether oxygens (including phenoxy) is 2. The summed E-state index contributed by atoms with van der Waals surface area (Å²) in [7, 11) is 1.57. The fraction of sp³-hybridized carbons (Fsp3) is 0.176. The molecule has 0 atom stereocenters. The lowest BCUT2D eigenvalue weighted by Gasteiger charge is -2.12. The van der Waals surface area contributed by atoms with Gasteiger partial charge in [0.2, 0.25) is 0 Å². The summed E-state index contributed by atoms with van der Waals surface area (Å²) in [5.74, 6) is -0.546. The maximum Gasteiger partial charge on any atom is 0.259 e. The molecule has 0 bridgehead atoms. The summed E-state index contributed by atoms with van der Waals surface area (Å²) < 4.78 is 10.5. The standard InChI is InChI=1S/C17H18N2O4/c1-22-10-11-23-15-9-5-3-7-13(15)17(21)19-14-8-4-2-6-12(14)16(18)20/h2-9H,10-11H2,1H3,(H2,18,20)(H,19,21). The Morgan fingerprint density at radius 2 is 1.65 bits per heavy atom. The summed E-state index contributed by atoms with van der Waals surface area (Å²) in [5, 5.41) is 2.69. The van der Waals surface area contributed by atoms with Crippen LogP contribution in [-0.4, -0.2) is 32.1 Å². The van der Waals surface area contributed by atoms with E-state index in [2.05, 4.69) is 5.32 Å². The minimum absolute atomic E-state index is 0.249. The summed E-state index contributed by atoms with van der Waals surface area (Å²) in [4.78, 5) is 23.9. The normalized spacial score (nSPS) is 10.1. The molecule has 120 valence electrons. The lowest BCUT2D eigenvalue weighted by atomic mass is 10.1. The van der Waals surface area contributed by atoms with Gasteiger partial charge in [0, 0.05) is 7.11 Å². The second-order valence-electron chi connectivity index (χ2n) is 4.70. The van der Waals surface area contributed by atoms with Gasteiger partial charge in [-0.2, -0.15) is 0 Å². The number of amides is 2. The van der Waals surface area contributed by atoms with Gasteiger partial charge in [-0.05, 0) is 24.3 Å². The van der Waals surface area contributed by atoms with Crippen LogP contribution < -0.4 is 15.8 Å². The Kier molecular flexibility index (Phi) is 5.71. The van der Waals surface area contributed by atoms with Gasteiger partial charge in [0.15, 0.2) is 0 Å². The number of benzene rings is 2. The first-order chi connectivity index (χ1) is 11.1. The first-order valence-electron chi connectivity index (χ1n) is 7.04. The average molecular weight is 314 g/mol. The number of carbonyl (C=O) groups excluding carboxylic acids is 2. The highest BCUT2D eigenvalue weighted by molar-refractivity contribution is 6.09. The third-order valence-electron chi connectivity index (χ3n) is 3.12. The van der Waals surface area contributed by atoms with Crippen LogP contribution in [0.2, 0.25) is 0 Å². The fourth-order valence-electron chi connectivity index (χ4n) is 2.01. The third-order valence-corrected chi connectivity index (χ3v) is 3.12. The lowest BCUT2D eigenvalue weighted by molar-refractivity contribution is 0.100. The summed E-state index contributed by atoms with van der Waals surface area (Å²) in [5.41, 5.74) is 6.28. The van der Waals surface area contributed by atoms with E-state index in [1.165, 1.54) is 0 Å². The van der Waals surface area contributed by atoms with Gasteiger partial charge in [-0.25, -0.2) is 0 Å². The average Bonchev–Trinajstić information content (AvgIpc) is 2.56. The van der Waals surface area contributed by atoms with Gasteiger partial charge in [0.25, 0.3) is 11.8 Å². The van der Waals surface area contributed by atoms with E-state index >= 15 is 0 Å². The first kappa shape index (κ1) is 16.5. The van der Waals surface area contributed by atoms with Crippen molar-refractivity contribution in [2.24, 2.45) is 5.73 Å². The zero-order valence-corrected chi connectivity index (χ0v) is 12.7. The van der Waals surface area contributed by atoms with E-state index < -0.39 is 5.91 Å². The molecule has 2 aromatic rings. The molecular formula is C17H18N2O4. The Labute approximate surface area is 134 Å². The summed E-state index contributed by atoms with van der Waals surface area (Å²) >= 11 is 0. The van der Waals surface area contributed by atoms with Crippen molar-refractivity contribution in [2.75, 3.05) is 25.6 Å². The Morgan fingerprint density at radius 3 is 2.35 bits per heavy atom. The maximum atomic E-state index is 12.5. The van der Waals surface area contributed by atoms with Crippen LogP contribution in [0, 0.1) is 0 Å². The molecule has 0 heterocycles. The number of primary amides is 1. The van der Waals surface area contributed by atoms with Crippen molar-refractivity contribution in [3.63, 3.8) is 0 Å². The van der Waals surface area contributed by atoms with Crippen molar-refractivity contribution in [3.8, 4) is 5.75 Å². The van der Waals surface area contributed by atoms with Gasteiger partial charge in [-0.1, -0.05) is 24.3 Å². The molecule has 0 fully saturated rings. The third kappa shape index (κ3) is 4.31. The number of rotatable bonds is 7. The topological polar surface area (TPSA) is 90.7 Å². The molecule has 0 saturated carbocycles. The summed E-state index contributed by atoms with van der Waals surface area (Å²) in [6.45, 7) is 0.749. The highest BCUT2D eigenvalue weighted by Crippen LogP contribution is 2.21. The molecule has 6 heteroatoms. The van der Waals surface area contributed by atoms with Crippen molar-refractivity contribution < 1.29 is 19.1 Å². The molecular weight excluding hydrogens is 296 g/mol. The van der Waals surface area contributed by atoms with E-state index in [0.717, 1.165) is 0 Å². The van der Waals surface area contributed by atoms with E-state index in [1.54, 1.807) is 55.6 Å². The van der Waals surface area contributed by atoms with E-state index in [4.69, 9.17) is 15.2 Å². The molecule has 3 N–H and O–H groups in total. The van der Waals surface area contributed by atoms with Crippen molar-refractivity contribution >= 4 is 17.5 Å². The monoisotopic (exact) mass is 314 g/mol.